The Morgan fingerprint density at radius 2 is 1.83 bits per heavy atom. The van der Waals surface area contributed by atoms with E-state index < -0.39 is 54.5 Å². The van der Waals surface area contributed by atoms with Crippen molar-refractivity contribution in [2.75, 3.05) is 19.7 Å². The minimum absolute atomic E-state index is 0.253. The number of unbranched alkanes of at least 4 members (excludes halogenated alkanes) is 1. The number of likely N-dealkylation sites (tertiary alicyclic amines) is 1. The summed E-state index contributed by atoms with van der Waals surface area (Å²) in [7, 11) is 0. The van der Waals surface area contributed by atoms with Crippen LogP contribution in [0.2, 0.25) is 0 Å². The zero-order chi connectivity index (χ0) is 22.8. The summed E-state index contributed by atoms with van der Waals surface area (Å²) >= 11 is 0. The summed E-state index contributed by atoms with van der Waals surface area (Å²) in [5, 5.41) is 23.5. The fourth-order valence-electron chi connectivity index (χ4n) is 3.36. The molecule has 0 spiro atoms. The molecule has 172 valence electrons. The molecule has 1 aliphatic rings. The van der Waals surface area contributed by atoms with Gasteiger partial charge >= 0.3 is 5.97 Å². The number of aliphatic hydroxyl groups excluding tert-OH is 1. The zero-order valence-corrected chi connectivity index (χ0v) is 17.7. The Hall–Kier alpha value is -2.24. The normalized spacial score (nSPS) is 19.3. The average molecular weight is 430 g/mol. The van der Waals surface area contributed by atoms with Crippen LogP contribution in [-0.4, -0.2) is 82.7 Å². The number of carboxylic acid groups (broad SMARTS) is 1. The van der Waals surface area contributed by atoms with Crippen molar-refractivity contribution in [2.45, 2.75) is 70.1 Å². The van der Waals surface area contributed by atoms with Gasteiger partial charge in [0, 0.05) is 6.54 Å². The van der Waals surface area contributed by atoms with E-state index in [2.05, 4.69) is 10.6 Å². The number of carbonyl (C=O) groups excluding carboxylic acids is 3. The van der Waals surface area contributed by atoms with E-state index in [0.717, 1.165) is 0 Å². The van der Waals surface area contributed by atoms with E-state index in [1.165, 1.54) is 4.90 Å². The first-order valence-electron chi connectivity index (χ1n) is 10.3. The summed E-state index contributed by atoms with van der Waals surface area (Å²) in [6.45, 7) is 3.70. The minimum atomic E-state index is -1.15. The van der Waals surface area contributed by atoms with Gasteiger partial charge in [-0.05, 0) is 44.6 Å². The Bertz CT molecular complexity index is 614. The number of hydrogen-bond donors (Lipinski definition) is 6. The van der Waals surface area contributed by atoms with Crippen molar-refractivity contribution in [3.63, 3.8) is 0 Å². The molecule has 0 aromatic carbocycles. The molecule has 1 heterocycles. The molecule has 11 heteroatoms. The molecule has 8 N–H and O–H groups in total. The van der Waals surface area contributed by atoms with Crippen molar-refractivity contribution in [2.24, 2.45) is 17.4 Å². The lowest BCUT2D eigenvalue weighted by molar-refractivity contribution is -0.145. The van der Waals surface area contributed by atoms with Crippen molar-refractivity contribution in [1.29, 1.82) is 0 Å². The number of aliphatic hydroxyl groups is 1. The average Bonchev–Trinajstić information content (AvgIpc) is 3.19. The van der Waals surface area contributed by atoms with Crippen LogP contribution in [-0.2, 0) is 19.2 Å². The monoisotopic (exact) mass is 429 g/mol. The van der Waals surface area contributed by atoms with Gasteiger partial charge in [-0.1, -0.05) is 13.8 Å². The van der Waals surface area contributed by atoms with Gasteiger partial charge < -0.3 is 37.2 Å². The molecule has 0 aliphatic carbocycles. The van der Waals surface area contributed by atoms with Crippen molar-refractivity contribution in [3.8, 4) is 0 Å². The topological polar surface area (TPSA) is 188 Å². The van der Waals surface area contributed by atoms with Gasteiger partial charge in [-0.25, -0.2) is 4.79 Å². The summed E-state index contributed by atoms with van der Waals surface area (Å²) in [6.07, 6.45) is 2.46. The fourth-order valence-corrected chi connectivity index (χ4v) is 3.36. The van der Waals surface area contributed by atoms with E-state index in [-0.39, 0.29) is 12.3 Å². The zero-order valence-electron chi connectivity index (χ0n) is 17.7. The lowest BCUT2D eigenvalue weighted by Crippen LogP contribution is -2.58. The van der Waals surface area contributed by atoms with Gasteiger partial charge in [0.25, 0.3) is 0 Å². The van der Waals surface area contributed by atoms with Crippen LogP contribution in [0.15, 0.2) is 0 Å². The van der Waals surface area contributed by atoms with E-state index in [1.54, 1.807) is 13.8 Å². The fraction of sp³-hybridized carbons (Fsp3) is 0.789. The summed E-state index contributed by atoms with van der Waals surface area (Å²) < 4.78 is 0. The van der Waals surface area contributed by atoms with Crippen LogP contribution in [0.4, 0.5) is 0 Å². The van der Waals surface area contributed by atoms with Crippen LogP contribution < -0.4 is 22.1 Å². The molecule has 0 radical (unpaired) electrons. The standard InChI is InChI=1S/C19H35N5O6/c1-11(2)15(23-16(26)12(21)10-25)18(28)24-9-5-7-14(24)17(27)22-13(19(29)30)6-3-4-8-20/h11-15,25H,3-10,20-21H2,1-2H3,(H,22,27)(H,23,26)(H,29,30). The predicted octanol–water partition coefficient (Wildman–Crippen LogP) is -1.86. The van der Waals surface area contributed by atoms with Crippen LogP contribution in [0.5, 0.6) is 0 Å². The molecule has 0 aromatic heterocycles. The molecule has 3 amide bonds. The smallest absolute Gasteiger partial charge is 0.326 e. The number of nitrogens with one attached hydrogen (secondary N) is 2. The van der Waals surface area contributed by atoms with Crippen molar-refractivity contribution >= 4 is 23.7 Å². The maximum Gasteiger partial charge on any atom is 0.326 e. The highest BCUT2D eigenvalue weighted by Gasteiger charge is 2.39. The third-order valence-electron chi connectivity index (χ3n) is 5.16. The van der Waals surface area contributed by atoms with Gasteiger partial charge in [-0.3, -0.25) is 14.4 Å². The number of amides is 3. The number of carboxylic acids is 1. The highest BCUT2D eigenvalue weighted by atomic mass is 16.4. The van der Waals surface area contributed by atoms with E-state index in [9.17, 15) is 24.3 Å². The molecule has 4 atom stereocenters. The second-order valence-corrected chi connectivity index (χ2v) is 7.89. The van der Waals surface area contributed by atoms with E-state index in [0.29, 0.717) is 38.8 Å². The van der Waals surface area contributed by atoms with Gasteiger partial charge in [0.05, 0.1) is 6.61 Å². The van der Waals surface area contributed by atoms with Crippen LogP contribution in [0.3, 0.4) is 0 Å². The molecular weight excluding hydrogens is 394 g/mol. The Labute approximate surface area is 176 Å². The van der Waals surface area contributed by atoms with E-state index >= 15 is 0 Å². The number of nitrogens with zero attached hydrogens (tertiary/aromatic N) is 1. The van der Waals surface area contributed by atoms with Gasteiger partial charge in [-0.15, -0.1) is 0 Å². The van der Waals surface area contributed by atoms with Crippen molar-refractivity contribution in [1.82, 2.24) is 15.5 Å². The molecule has 1 aliphatic heterocycles. The van der Waals surface area contributed by atoms with Crippen molar-refractivity contribution in [3.05, 3.63) is 0 Å². The first kappa shape index (κ1) is 25.8. The van der Waals surface area contributed by atoms with Gasteiger partial charge in [0.15, 0.2) is 0 Å². The highest BCUT2D eigenvalue weighted by Crippen LogP contribution is 2.21. The lowest BCUT2D eigenvalue weighted by atomic mass is 10.0. The molecule has 4 unspecified atom stereocenters. The van der Waals surface area contributed by atoms with E-state index in [1.807, 2.05) is 0 Å². The summed E-state index contributed by atoms with van der Waals surface area (Å²) in [5.74, 6) is -3.03. The highest BCUT2D eigenvalue weighted by molar-refractivity contribution is 5.94. The third-order valence-corrected chi connectivity index (χ3v) is 5.16. The quantitative estimate of drug-likeness (QED) is 0.195. The Morgan fingerprint density at radius 3 is 2.37 bits per heavy atom. The Morgan fingerprint density at radius 1 is 1.17 bits per heavy atom. The largest absolute Gasteiger partial charge is 0.480 e. The number of aliphatic carboxylic acids is 1. The number of nitrogens with two attached hydrogens (primary N) is 2. The van der Waals surface area contributed by atoms with Crippen LogP contribution >= 0.6 is 0 Å². The number of carbonyl (C=O) groups is 4. The van der Waals surface area contributed by atoms with Gasteiger partial charge in [0.2, 0.25) is 17.7 Å². The molecule has 1 rings (SSSR count). The molecule has 0 aromatic rings. The number of hydrogen-bond acceptors (Lipinski definition) is 7. The van der Waals surface area contributed by atoms with Gasteiger partial charge in [-0.2, -0.15) is 0 Å². The molecule has 1 fully saturated rings. The SMILES string of the molecule is CC(C)C(NC(=O)C(N)CO)C(=O)N1CCCC1C(=O)NC(CCCCN)C(=O)O. The van der Waals surface area contributed by atoms with E-state index in [4.69, 9.17) is 16.6 Å². The molecule has 30 heavy (non-hydrogen) atoms. The first-order valence-corrected chi connectivity index (χ1v) is 10.3. The second-order valence-electron chi connectivity index (χ2n) is 7.89. The van der Waals surface area contributed by atoms with Crippen LogP contribution in [0.25, 0.3) is 0 Å². The molecule has 0 saturated carbocycles. The van der Waals surface area contributed by atoms with Crippen LogP contribution in [0, 0.1) is 5.92 Å². The number of rotatable bonds is 12. The molecular formula is C19H35N5O6. The first-order chi connectivity index (χ1) is 14.1. The molecule has 11 nitrogen and oxygen atoms in total. The second kappa shape index (κ2) is 12.5. The minimum Gasteiger partial charge on any atom is -0.480 e. The Kier molecular flexibility index (Phi) is 10.7. The Balaban J connectivity index is 2.86. The lowest BCUT2D eigenvalue weighted by Gasteiger charge is -2.31. The van der Waals surface area contributed by atoms with Crippen molar-refractivity contribution < 1.29 is 29.4 Å². The maximum atomic E-state index is 13.1. The summed E-state index contributed by atoms with van der Waals surface area (Å²) in [4.78, 5) is 50.7. The van der Waals surface area contributed by atoms with Crippen LogP contribution in [0.1, 0.15) is 46.0 Å². The van der Waals surface area contributed by atoms with Gasteiger partial charge in [0.1, 0.15) is 24.2 Å². The molecule has 1 saturated heterocycles. The molecule has 0 bridgehead atoms. The maximum absolute atomic E-state index is 13.1. The summed E-state index contributed by atoms with van der Waals surface area (Å²) in [6, 6.07) is -3.92. The summed E-state index contributed by atoms with van der Waals surface area (Å²) in [5.41, 5.74) is 10.9. The third kappa shape index (κ3) is 7.22. The predicted molar refractivity (Wildman–Crippen MR) is 109 cm³/mol.